The molecule has 1 N–H and O–H groups in total. The Morgan fingerprint density at radius 3 is 1.93 bits per heavy atom. The predicted octanol–water partition coefficient (Wildman–Crippen LogP) is 2.06. The Morgan fingerprint density at radius 2 is 1.60 bits per heavy atom. The molecule has 0 aromatic carbocycles. The van der Waals surface area contributed by atoms with E-state index in [1.54, 1.807) is 14.2 Å². The van der Waals surface area contributed by atoms with Gasteiger partial charge in [0.1, 0.15) is 0 Å². The minimum atomic E-state index is 0.164. The molecule has 0 aliphatic rings. The molecule has 0 rings (SSSR count). The maximum absolute atomic E-state index is 5.48. The summed E-state index contributed by atoms with van der Waals surface area (Å²) in [6.45, 7) is 11.6. The van der Waals surface area contributed by atoms with Crippen LogP contribution in [0.2, 0.25) is 0 Å². The van der Waals surface area contributed by atoms with E-state index in [1.807, 2.05) is 0 Å². The zero-order valence-corrected chi connectivity index (χ0v) is 11.3. The molecule has 0 heterocycles. The SMILES string of the molecule is COC(C)C(C)NCC(OC)C(C)(C)C. The van der Waals surface area contributed by atoms with E-state index in [4.69, 9.17) is 9.47 Å². The molecule has 3 atom stereocenters. The van der Waals surface area contributed by atoms with Crippen LogP contribution in [-0.4, -0.2) is 39.0 Å². The molecule has 92 valence electrons. The average Bonchev–Trinajstić information content (AvgIpc) is 2.15. The lowest BCUT2D eigenvalue weighted by atomic mass is 9.89. The van der Waals surface area contributed by atoms with E-state index in [0.717, 1.165) is 6.54 Å². The van der Waals surface area contributed by atoms with Crippen molar-refractivity contribution in [1.82, 2.24) is 5.32 Å². The fourth-order valence-electron chi connectivity index (χ4n) is 1.41. The molecule has 0 bridgehead atoms. The maximum atomic E-state index is 5.48. The summed E-state index contributed by atoms with van der Waals surface area (Å²) in [5.74, 6) is 0. The lowest BCUT2D eigenvalue weighted by Gasteiger charge is -2.31. The van der Waals surface area contributed by atoms with Crippen molar-refractivity contribution in [2.45, 2.75) is 52.9 Å². The Morgan fingerprint density at radius 1 is 1.07 bits per heavy atom. The van der Waals surface area contributed by atoms with Crippen molar-refractivity contribution in [3.05, 3.63) is 0 Å². The smallest absolute Gasteiger partial charge is 0.0743 e. The quantitative estimate of drug-likeness (QED) is 0.739. The van der Waals surface area contributed by atoms with E-state index in [9.17, 15) is 0 Å². The van der Waals surface area contributed by atoms with Crippen LogP contribution in [0.25, 0.3) is 0 Å². The zero-order valence-electron chi connectivity index (χ0n) is 11.3. The molecule has 3 unspecified atom stereocenters. The summed E-state index contributed by atoms with van der Waals surface area (Å²) in [5.41, 5.74) is 0.164. The van der Waals surface area contributed by atoms with Crippen LogP contribution < -0.4 is 5.32 Å². The van der Waals surface area contributed by atoms with Gasteiger partial charge in [-0.1, -0.05) is 20.8 Å². The Kier molecular flexibility index (Phi) is 6.41. The van der Waals surface area contributed by atoms with E-state index >= 15 is 0 Å². The highest BCUT2D eigenvalue weighted by atomic mass is 16.5. The van der Waals surface area contributed by atoms with Crippen molar-refractivity contribution >= 4 is 0 Å². The molecule has 0 radical (unpaired) electrons. The molecule has 0 aromatic heterocycles. The first-order chi connectivity index (χ1) is 6.82. The summed E-state index contributed by atoms with van der Waals surface area (Å²) in [6.07, 6.45) is 0.450. The van der Waals surface area contributed by atoms with Crippen molar-refractivity contribution in [1.29, 1.82) is 0 Å². The summed E-state index contributed by atoms with van der Waals surface area (Å²) in [6, 6.07) is 0.343. The van der Waals surface area contributed by atoms with Crippen molar-refractivity contribution in [3.8, 4) is 0 Å². The van der Waals surface area contributed by atoms with Gasteiger partial charge < -0.3 is 14.8 Å². The van der Waals surface area contributed by atoms with Gasteiger partial charge in [0, 0.05) is 26.8 Å². The molecule has 0 saturated carbocycles. The van der Waals surface area contributed by atoms with Crippen LogP contribution in [0, 0.1) is 5.41 Å². The van der Waals surface area contributed by atoms with E-state index in [-0.39, 0.29) is 17.6 Å². The van der Waals surface area contributed by atoms with Crippen molar-refractivity contribution < 1.29 is 9.47 Å². The van der Waals surface area contributed by atoms with Crippen LogP contribution in [0.4, 0.5) is 0 Å². The highest BCUT2D eigenvalue weighted by Crippen LogP contribution is 2.21. The highest BCUT2D eigenvalue weighted by Gasteiger charge is 2.25. The molecule has 15 heavy (non-hydrogen) atoms. The third-order valence-corrected chi connectivity index (χ3v) is 2.95. The van der Waals surface area contributed by atoms with Gasteiger partial charge in [-0.25, -0.2) is 0 Å². The van der Waals surface area contributed by atoms with Crippen LogP contribution in [0.1, 0.15) is 34.6 Å². The van der Waals surface area contributed by atoms with Gasteiger partial charge in [-0.3, -0.25) is 0 Å². The molecule has 3 nitrogen and oxygen atoms in total. The van der Waals surface area contributed by atoms with Gasteiger partial charge in [-0.15, -0.1) is 0 Å². The number of ether oxygens (including phenoxy) is 2. The van der Waals surface area contributed by atoms with E-state index in [2.05, 4.69) is 39.9 Å². The zero-order chi connectivity index (χ0) is 12.1. The fourth-order valence-corrected chi connectivity index (χ4v) is 1.41. The Bertz CT molecular complexity index is 165. The monoisotopic (exact) mass is 217 g/mol. The van der Waals surface area contributed by atoms with E-state index < -0.39 is 0 Å². The third-order valence-electron chi connectivity index (χ3n) is 2.95. The number of nitrogens with one attached hydrogen (secondary N) is 1. The summed E-state index contributed by atoms with van der Waals surface area (Å²) in [7, 11) is 3.50. The molecule has 0 aliphatic heterocycles. The van der Waals surface area contributed by atoms with Gasteiger partial charge in [0.05, 0.1) is 12.2 Å². The van der Waals surface area contributed by atoms with Crippen LogP contribution in [-0.2, 0) is 9.47 Å². The predicted molar refractivity (Wildman–Crippen MR) is 64.2 cm³/mol. The lowest BCUT2D eigenvalue weighted by Crippen LogP contribution is -2.45. The Hall–Kier alpha value is -0.120. The minimum Gasteiger partial charge on any atom is -0.380 e. The van der Waals surface area contributed by atoms with Gasteiger partial charge in [0.25, 0.3) is 0 Å². The van der Waals surface area contributed by atoms with Crippen molar-refractivity contribution in [2.75, 3.05) is 20.8 Å². The standard InChI is InChI=1S/C12H27NO2/c1-9(10(2)14-6)13-8-11(15-7)12(3,4)5/h9-11,13H,8H2,1-7H3. The molecule has 3 heteroatoms. The molecule has 0 saturated heterocycles. The number of hydrogen-bond acceptors (Lipinski definition) is 3. The van der Waals surface area contributed by atoms with Crippen molar-refractivity contribution in [3.63, 3.8) is 0 Å². The molecule has 0 fully saturated rings. The van der Waals surface area contributed by atoms with Gasteiger partial charge in [0.2, 0.25) is 0 Å². The second-order valence-corrected chi connectivity index (χ2v) is 5.23. The third kappa shape index (κ3) is 5.50. The Labute approximate surface area is 94.5 Å². The van der Waals surface area contributed by atoms with Crippen LogP contribution in [0.5, 0.6) is 0 Å². The van der Waals surface area contributed by atoms with Crippen molar-refractivity contribution in [2.24, 2.45) is 5.41 Å². The largest absolute Gasteiger partial charge is 0.380 e. The van der Waals surface area contributed by atoms with E-state index in [1.165, 1.54) is 0 Å². The summed E-state index contributed by atoms with van der Waals surface area (Å²) < 4.78 is 10.7. The molecular weight excluding hydrogens is 190 g/mol. The van der Waals surface area contributed by atoms with Crippen LogP contribution >= 0.6 is 0 Å². The lowest BCUT2D eigenvalue weighted by molar-refractivity contribution is 0.00967. The van der Waals surface area contributed by atoms with E-state index in [0.29, 0.717) is 6.04 Å². The second kappa shape index (κ2) is 6.46. The Balaban J connectivity index is 4.01. The first-order valence-corrected chi connectivity index (χ1v) is 5.62. The molecule has 0 aliphatic carbocycles. The first kappa shape index (κ1) is 14.9. The summed E-state index contributed by atoms with van der Waals surface area (Å²) in [4.78, 5) is 0. The molecular formula is C12H27NO2. The van der Waals surface area contributed by atoms with Crippen LogP contribution in [0.3, 0.4) is 0 Å². The number of hydrogen-bond donors (Lipinski definition) is 1. The highest BCUT2D eigenvalue weighted by molar-refractivity contribution is 4.79. The maximum Gasteiger partial charge on any atom is 0.0743 e. The number of rotatable bonds is 6. The second-order valence-electron chi connectivity index (χ2n) is 5.23. The minimum absolute atomic E-state index is 0.164. The van der Waals surface area contributed by atoms with Gasteiger partial charge in [-0.05, 0) is 19.3 Å². The van der Waals surface area contributed by atoms with Gasteiger partial charge >= 0.3 is 0 Å². The van der Waals surface area contributed by atoms with Crippen LogP contribution in [0.15, 0.2) is 0 Å². The van der Waals surface area contributed by atoms with Gasteiger partial charge in [-0.2, -0.15) is 0 Å². The molecule has 0 aromatic rings. The normalized spacial score (nSPS) is 18.6. The fraction of sp³-hybridized carbons (Fsp3) is 1.00. The summed E-state index contributed by atoms with van der Waals surface area (Å²) in [5, 5.41) is 3.44. The topological polar surface area (TPSA) is 30.5 Å². The van der Waals surface area contributed by atoms with Gasteiger partial charge in [0.15, 0.2) is 0 Å². The molecule has 0 spiro atoms. The molecule has 0 amide bonds. The first-order valence-electron chi connectivity index (χ1n) is 5.62. The summed E-state index contributed by atoms with van der Waals surface area (Å²) >= 11 is 0. The average molecular weight is 217 g/mol. The number of methoxy groups -OCH3 is 2.